The number of rotatable bonds is 7. The molecule has 0 aliphatic carbocycles. The Morgan fingerprint density at radius 3 is 2.87 bits per heavy atom. The molecule has 5 rings (SSSR count). The quantitative estimate of drug-likeness (QED) is 0.487. The molecule has 0 bridgehead atoms. The van der Waals surface area contributed by atoms with Crippen molar-refractivity contribution in [3.63, 3.8) is 0 Å². The molecule has 154 valence electrons. The SMILES string of the molecule is COCCn1cc(-c2ccc(-n3cnc4cnc(N[C@@H]5CCNC5)nc43)cc2)cn1. The van der Waals surface area contributed by atoms with Gasteiger partial charge in [0.15, 0.2) is 5.65 Å². The third kappa shape index (κ3) is 3.77. The lowest BCUT2D eigenvalue weighted by atomic mass is 10.1. The van der Waals surface area contributed by atoms with Gasteiger partial charge >= 0.3 is 0 Å². The minimum Gasteiger partial charge on any atom is -0.383 e. The Kier molecular flexibility index (Phi) is 5.12. The van der Waals surface area contributed by atoms with E-state index in [1.165, 1.54) is 0 Å². The summed E-state index contributed by atoms with van der Waals surface area (Å²) in [4.78, 5) is 13.6. The Bertz CT molecular complexity index is 1130. The maximum absolute atomic E-state index is 5.11. The Hall–Kier alpha value is -3.30. The molecular weight excluding hydrogens is 380 g/mol. The molecule has 1 aliphatic rings. The van der Waals surface area contributed by atoms with Crippen LogP contribution in [0, 0.1) is 0 Å². The van der Waals surface area contributed by atoms with E-state index >= 15 is 0 Å². The van der Waals surface area contributed by atoms with E-state index in [0.717, 1.165) is 54.0 Å². The van der Waals surface area contributed by atoms with Crippen LogP contribution < -0.4 is 10.6 Å². The van der Waals surface area contributed by atoms with Gasteiger partial charge in [-0.25, -0.2) is 9.97 Å². The van der Waals surface area contributed by atoms with E-state index in [4.69, 9.17) is 9.72 Å². The second kappa shape index (κ2) is 8.21. The van der Waals surface area contributed by atoms with E-state index < -0.39 is 0 Å². The standard InChI is InChI=1S/C21H24N8O/c1-30-9-8-28-13-16(10-25-28)15-2-4-18(5-3-15)29-14-24-19-12-23-21(27-20(19)29)26-17-6-7-22-11-17/h2-5,10,12-14,17,22H,6-9,11H2,1H3,(H,23,26,27)/t17-/m1/s1. The van der Waals surface area contributed by atoms with Crippen LogP contribution in [0.25, 0.3) is 28.0 Å². The maximum atomic E-state index is 5.11. The summed E-state index contributed by atoms with van der Waals surface area (Å²) in [5.41, 5.74) is 4.75. The van der Waals surface area contributed by atoms with Gasteiger partial charge in [0.2, 0.25) is 5.95 Å². The smallest absolute Gasteiger partial charge is 0.225 e. The van der Waals surface area contributed by atoms with Crippen LogP contribution in [0.4, 0.5) is 5.95 Å². The molecule has 1 atom stereocenters. The third-order valence-electron chi connectivity index (χ3n) is 5.32. The van der Waals surface area contributed by atoms with Gasteiger partial charge in [0.05, 0.1) is 25.5 Å². The number of ether oxygens (including phenoxy) is 1. The zero-order chi connectivity index (χ0) is 20.3. The van der Waals surface area contributed by atoms with Crippen LogP contribution in [-0.2, 0) is 11.3 Å². The summed E-state index contributed by atoms with van der Waals surface area (Å²) in [5.74, 6) is 0.637. The summed E-state index contributed by atoms with van der Waals surface area (Å²) < 4.78 is 8.99. The first-order valence-electron chi connectivity index (χ1n) is 10.1. The van der Waals surface area contributed by atoms with E-state index in [0.29, 0.717) is 18.6 Å². The number of methoxy groups -OCH3 is 1. The molecule has 1 aromatic carbocycles. The Labute approximate surface area is 174 Å². The van der Waals surface area contributed by atoms with Gasteiger partial charge in [-0.3, -0.25) is 9.25 Å². The average Bonchev–Trinajstić information content (AvgIpc) is 3.53. The summed E-state index contributed by atoms with van der Waals surface area (Å²) in [5, 5.41) is 11.1. The molecule has 1 aliphatic heterocycles. The van der Waals surface area contributed by atoms with Gasteiger partial charge in [-0.15, -0.1) is 0 Å². The lowest BCUT2D eigenvalue weighted by Gasteiger charge is -2.11. The predicted octanol–water partition coefficient (Wildman–Crippen LogP) is 2.10. The van der Waals surface area contributed by atoms with Gasteiger partial charge in [0, 0.05) is 37.1 Å². The highest BCUT2D eigenvalue weighted by Gasteiger charge is 2.16. The van der Waals surface area contributed by atoms with Crippen LogP contribution in [0.5, 0.6) is 0 Å². The fraction of sp³-hybridized carbons (Fsp3) is 0.333. The molecule has 9 nitrogen and oxygen atoms in total. The largest absolute Gasteiger partial charge is 0.383 e. The van der Waals surface area contributed by atoms with Crippen molar-refractivity contribution in [2.75, 3.05) is 32.1 Å². The maximum Gasteiger partial charge on any atom is 0.225 e. The monoisotopic (exact) mass is 404 g/mol. The van der Waals surface area contributed by atoms with E-state index in [2.05, 4.69) is 50.0 Å². The number of benzene rings is 1. The van der Waals surface area contributed by atoms with Crippen LogP contribution in [0.2, 0.25) is 0 Å². The molecule has 1 saturated heterocycles. The second-order valence-electron chi connectivity index (χ2n) is 7.38. The van der Waals surface area contributed by atoms with Crippen LogP contribution in [0.3, 0.4) is 0 Å². The van der Waals surface area contributed by atoms with Crippen LogP contribution in [-0.4, -0.2) is 62.1 Å². The lowest BCUT2D eigenvalue weighted by Crippen LogP contribution is -2.23. The lowest BCUT2D eigenvalue weighted by molar-refractivity contribution is 0.183. The molecule has 0 unspecified atom stereocenters. The molecule has 0 spiro atoms. The normalized spacial score (nSPS) is 16.4. The fourth-order valence-corrected chi connectivity index (χ4v) is 3.66. The fourth-order valence-electron chi connectivity index (χ4n) is 3.66. The minimum absolute atomic E-state index is 0.364. The van der Waals surface area contributed by atoms with Crippen LogP contribution in [0.15, 0.2) is 49.2 Å². The van der Waals surface area contributed by atoms with Gasteiger partial charge in [0.1, 0.15) is 11.8 Å². The first-order chi connectivity index (χ1) is 14.8. The molecule has 4 heterocycles. The first-order valence-corrected chi connectivity index (χ1v) is 10.1. The number of nitrogens with one attached hydrogen (secondary N) is 2. The highest BCUT2D eigenvalue weighted by molar-refractivity contribution is 5.74. The number of imidazole rings is 1. The molecule has 3 aromatic heterocycles. The summed E-state index contributed by atoms with van der Waals surface area (Å²) in [6.45, 7) is 3.34. The number of hydrogen-bond donors (Lipinski definition) is 2. The van der Waals surface area contributed by atoms with E-state index in [9.17, 15) is 0 Å². The molecular formula is C21H24N8O. The molecule has 30 heavy (non-hydrogen) atoms. The topological polar surface area (TPSA) is 94.7 Å². The van der Waals surface area contributed by atoms with E-state index in [1.807, 2.05) is 21.6 Å². The predicted molar refractivity (Wildman–Crippen MR) is 115 cm³/mol. The zero-order valence-corrected chi connectivity index (χ0v) is 16.8. The van der Waals surface area contributed by atoms with Crippen molar-refractivity contribution in [1.29, 1.82) is 0 Å². The molecule has 0 saturated carbocycles. The third-order valence-corrected chi connectivity index (χ3v) is 5.32. The average molecular weight is 404 g/mol. The van der Waals surface area contributed by atoms with Gasteiger partial charge in [0.25, 0.3) is 0 Å². The molecule has 1 fully saturated rings. The summed E-state index contributed by atoms with van der Waals surface area (Å²) in [7, 11) is 1.69. The van der Waals surface area contributed by atoms with Crippen LogP contribution in [0.1, 0.15) is 6.42 Å². The summed E-state index contributed by atoms with van der Waals surface area (Å²) >= 11 is 0. The number of nitrogens with zero attached hydrogens (tertiary/aromatic N) is 6. The molecule has 0 amide bonds. The van der Waals surface area contributed by atoms with E-state index in [-0.39, 0.29) is 0 Å². The van der Waals surface area contributed by atoms with Crippen molar-refractivity contribution in [2.45, 2.75) is 19.0 Å². The minimum atomic E-state index is 0.364. The highest BCUT2D eigenvalue weighted by atomic mass is 16.5. The van der Waals surface area contributed by atoms with Gasteiger partial charge in [-0.1, -0.05) is 12.1 Å². The second-order valence-corrected chi connectivity index (χ2v) is 7.38. The van der Waals surface area contributed by atoms with Gasteiger partial charge < -0.3 is 15.4 Å². The summed E-state index contributed by atoms with van der Waals surface area (Å²) in [6.07, 6.45) is 8.54. The van der Waals surface area contributed by atoms with Crippen molar-refractivity contribution >= 4 is 17.1 Å². The van der Waals surface area contributed by atoms with E-state index in [1.54, 1.807) is 19.6 Å². The Balaban J connectivity index is 1.38. The Morgan fingerprint density at radius 2 is 2.07 bits per heavy atom. The van der Waals surface area contributed by atoms with Crippen LogP contribution >= 0.6 is 0 Å². The zero-order valence-electron chi connectivity index (χ0n) is 16.8. The molecule has 0 radical (unpaired) electrons. The molecule has 2 N–H and O–H groups in total. The van der Waals surface area contributed by atoms with Crippen molar-refractivity contribution in [3.8, 4) is 16.8 Å². The van der Waals surface area contributed by atoms with Gasteiger partial charge in [-0.05, 0) is 30.7 Å². The molecule has 9 heteroatoms. The van der Waals surface area contributed by atoms with Crippen molar-refractivity contribution in [3.05, 3.63) is 49.2 Å². The van der Waals surface area contributed by atoms with Crippen molar-refractivity contribution in [2.24, 2.45) is 0 Å². The number of fused-ring (bicyclic) bond motifs is 1. The van der Waals surface area contributed by atoms with Crippen molar-refractivity contribution < 1.29 is 4.74 Å². The number of hydrogen-bond acceptors (Lipinski definition) is 7. The van der Waals surface area contributed by atoms with Crippen molar-refractivity contribution in [1.82, 2.24) is 34.6 Å². The first kappa shape index (κ1) is 18.7. The molecule has 4 aromatic rings. The summed E-state index contributed by atoms with van der Waals surface area (Å²) in [6, 6.07) is 8.67. The Morgan fingerprint density at radius 1 is 1.17 bits per heavy atom. The number of aromatic nitrogens is 6. The number of anilines is 1. The highest BCUT2D eigenvalue weighted by Crippen LogP contribution is 2.23. The van der Waals surface area contributed by atoms with Gasteiger partial charge in [-0.2, -0.15) is 10.1 Å².